The molecule has 0 heterocycles. The highest BCUT2D eigenvalue weighted by Crippen LogP contribution is 2.24. The van der Waals surface area contributed by atoms with Crippen LogP contribution in [0.5, 0.6) is 5.75 Å². The van der Waals surface area contributed by atoms with Crippen LogP contribution in [0.1, 0.15) is 26.3 Å². The molecule has 2 atom stereocenters. The molecule has 7 nitrogen and oxygen atoms in total. The molecule has 3 rings (SSSR count). The molecule has 0 saturated heterocycles. The smallest absolute Gasteiger partial charge is 0.326 e. The number of nitrogens with one attached hydrogen (secondary N) is 1. The number of aliphatic carboxylic acids is 1. The minimum atomic E-state index is -1.25. The van der Waals surface area contributed by atoms with Crippen molar-refractivity contribution in [3.8, 4) is 5.75 Å². The van der Waals surface area contributed by atoms with Crippen LogP contribution < -0.4 is 5.32 Å². The average Bonchev–Trinajstić information content (AvgIpc) is 2.87. The van der Waals surface area contributed by atoms with Crippen molar-refractivity contribution in [3.05, 3.63) is 102 Å². The van der Waals surface area contributed by atoms with Crippen molar-refractivity contribution in [3.63, 3.8) is 0 Å². The Hall–Kier alpha value is -3.56. The summed E-state index contributed by atoms with van der Waals surface area (Å²) in [6.45, 7) is 0. The van der Waals surface area contributed by atoms with E-state index in [1.54, 1.807) is 72.8 Å². The molecule has 0 saturated carbocycles. The molecule has 3 N–H and O–H groups in total. The summed E-state index contributed by atoms with van der Waals surface area (Å²) in [6.07, 6.45) is -0.0124. The summed E-state index contributed by atoms with van der Waals surface area (Å²) in [6, 6.07) is 21.7. The first-order chi connectivity index (χ1) is 16.8. The first kappa shape index (κ1) is 26.1. The fourth-order valence-corrected chi connectivity index (χ4v) is 5.01. The lowest BCUT2D eigenvalue weighted by Gasteiger charge is -2.19. The molecule has 0 aliphatic carbocycles. The number of amides is 1. The zero-order valence-corrected chi connectivity index (χ0v) is 20.1. The molecule has 0 aliphatic heterocycles. The van der Waals surface area contributed by atoms with Gasteiger partial charge >= 0.3 is 5.97 Å². The van der Waals surface area contributed by atoms with Gasteiger partial charge in [-0.25, -0.2) is 4.79 Å². The van der Waals surface area contributed by atoms with E-state index in [9.17, 15) is 29.4 Å². The maximum atomic E-state index is 13.1. The lowest BCUT2D eigenvalue weighted by Crippen LogP contribution is -2.46. The number of phenolic OH excluding ortho intramolecular Hbond substituents is 1. The number of carboxylic acids is 1. The second-order valence-corrected chi connectivity index (χ2v) is 9.66. The second kappa shape index (κ2) is 12.8. The number of aromatic hydroxyl groups is 1. The number of carboxylic acid groups (broad SMARTS) is 1. The van der Waals surface area contributed by atoms with Gasteiger partial charge in [-0.1, -0.05) is 96.3 Å². The summed E-state index contributed by atoms with van der Waals surface area (Å²) in [4.78, 5) is 50.2. The summed E-state index contributed by atoms with van der Waals surface area (Å²) < 4.78 is 0. The monoisotopic (exact) mass is 509 g/mol. The third kappa shape index (κ3) is 8.01. The summed E-state index contributed by atoms with van der Waals surface area (Å²) in [7, 11) is 0. The molecule has 0 radical (unpaired) electrons. The summed E-state index contributed by atoms with van der Waals surface area (Å²) in [5, 5.41) is 20.0. The molecule has 9 heteroatoms. The van der Waals surface area contributed by atoms with Crippen LogP contribution in [-0.4, -0.2) is 49.4 Å². The summed E-state index contributed by atoms with van der Waals surface area (Å²) in [5.74, 6) is -1.87. The van der Waals surface area contributed by atoms with Gasteiger partial charge in [0.1, 0.15) is 17.0 Å². The van der Waals surface area contributed by atoms with Gasteiger partial charge in [0.05, 0.1) is 0 Å². The molecular formula is C26H23NO6S2. The molecule has 180 valence electrons. The van der Waals surface area contributed by atoms with Gasteiger partial charge in [0.15, 0.2) is 0 Å². The van der Waals surface area contributed by atoms with Crippen LogP contribution >= 0.6 is 23.5 Å². The fraction of sp³-hybridized carbons (Fsp3) is 0.154. The first-order valence-electron chi connectivity index (χ1n) is 10.6. The van der Waals surface area contributed by atoms with Gasteiger partial charge in [-0.15, -0.1) is 0 Å². The molecule has 1 amide bonds. The highest BCUT2D eigenvalue weighted by atomic mass is 32.2. The quantitative estimate of drug-likeness (QED) is 0.375. The van der Waals surface area contributed by atoms with E-state index in [-0.39, 0.29) is 28.2 Å². The van der Waals surface area contributed by atoms with Crippen LogP contribution in [0.25, 0.3) is 0 Å². The number of carbonyl (C=O) groups is 4. The van der Waals surface area contributed by atoms with Gasteiger partial charge in [0.2, 0.25) is 16.1 Å². The Morgan fingerprint density at radius 3 is 1.86 bits per heavy atom. The maximum Gasteiger partial charge on any atom is 0.326 e. The summed E-state index contributed by atoms with van der Waals surface area (Å²) in [5.41, 5.74) is 1.47. The normalized spacial score (nSPS) is 12.3. The van der Waals surface area contributed by atoms with Gasteiger partial charge in [-0.2, -0.15) is 0 Å². The molecule has 3 aromatic carbocycles. The molecule has 0 fully saturated rings. The number of phenols is 1. The number of benzene rings is 3. The lowest BCUT2D eigenvalue weighted by molar-refractivity contribution is -0.141. The van der Waals surface area contributed by atoms with Crippen LogP contribution in [-0.2, 0) is 16.0 Å². The van der Waals surface area contributed by atoms with E-state index in [1.807, 2.05) is 0 Å². The highest BCUT2D eigenvalue weighted by Gasteiger charge is 2.29. The summed E-state index contributed by atoms with van der Waals surface area (Å²) >= 11 is 1.65. The number of hydrogen-bond acceptors (Lipinski definition) is 7. The molecule has 35 heavy (non-hydrogen) atoms. The van der Waals surface area contributed by atoms with E-state index in [0.29, 0.717) is 16.7 Å². The maximum absolute atomic E-state index is 13.1. The van der Waals surface area contributed by atoms with Crippen molar-refractivity contribution in [1.82, 2.24) is 5.32 Å². The van der Waals surface area contributed by atoms with E-state index in [2.05, 4.69) is 5.32 Å². The molecule has 0 aromatic heterocycles. The number of hydrogen-bond donors (Lipinski definition) is 3. The van der Waals surface area contributed by atoms with Crippen molar-refractivity contribution in [2.24, 2.45) is 0 Å². The highest BCUT2D eigenvalue weighted by molar-refractivity contribution is 8.18. The Morgan fingerprint density at radius 2 is 1.31 bits per heavy atom. The molecule has 2 unspecified atom stereocenters. The van der Waals surface area contributed by atoms with Crippen molar-refractivity contribution in [1.29, 1.82) is 0 Å². The zero-order chi connectivity index (χ0) is 25.2. The second-order valence-electron chi connectivity index (χ2n) is 7.49. The minimum Gasteiger partial charge on any atom is -0.508 e. The van der Waals surface area contributed by atoms with Gasteiger partial charge in [0, 0.05) is 23.3 Å². The van der Waals surface area contributed by atoms with Crippen molar-refractivity contribution in [2.75, 3.05) is 5.75 Å². The van der Waals surface area contributed by atoms with Crippen molar-refractivity contribution >= 4 is 45.6 Å². The van der Waals surface area contributed by atoms with Gasteiger partial charge in [-0.05, 0) is 17.7 Å². The lowest BCUT2D eigenvalue weighted by atomic mass is 10.1. The van der Waals surface area contributed by atoms with Crippen LogP contribution in [0.4, 0.5) is 0 Å². The fourth-order valence-electron chi connectivity index (χ4n) is 3.08. The number of thioether (sulfide) groups is 2. The Labute approximate surface area is 210 Å². The topological polar surface area (TPSA) is 121 Å². The third-order valence-corrected chi connectivity index (χ3v) is 7.24. The van der Waals surface area contributed by atoms with Gasteiger partial charge in [-0.3, -0.25) is 14.4 Å². The zero-order valence-electron chi connectivity index (χ0n) is 18.5. The van der Waals surface area contributed by atoms with E-state index >= 15 is 0 Å². The molecule has 0 bridgehead atoms. The number of rotatable bonds is 10. The predicted octanol–water partition coefficient (Wildman–Crippen LogP) is 4.02. The largest absolute Gasteiger partial charge is 0.508 e. The van der Waals surface area contributed by atoms with Crippen LogP contribution in [0, 0.1) is 0 Å². The Kier molecular flexibility index (Phi) is 9.51. The van der Waals surface area contributed by atoms with Crippen molar-refractivity contribution < 1.29 is 29.4 Å². The Morgan fingerprint density at radius 1 is 0.771 bits per heavy atom. The van der Waals surface area contributed by atoms with Gasteiger partial charge < -0.3 is 15.5 Å². The molecule has 3 aromatic rings. The number of carbonyl (C=O) groups excluding carboxylic acids is 3. The van der Waals surface area contributed by atoms with Crippen LogP contribution in [0.2, 0.25) is 0 Å². The van der Waals surface area contributed by atoms with E-state index in [4.69, 9.17) is 0 Å². The van der Waals surface area contributed by atoms with E-state index in [0.717, 1.165) is 23.5 Å². The molecule has 0 spiro atoms. The standard InChI is InChI=1S/C26H23NO6S2/c28-20-13-11-17(12-14-20)15-21(24(30)31)27-23(29)22(35-26(33)19-9-5-2-6-10-19)16-34-25(32)18-7-3-1-4-8-18/h1-14,21-22,28H,15-16H2,(H,27,29)(H,30,31). The van der Waals surface area contributed by atoms with E-state index in [1.165, 1.54) is 12.1 Å². The van der Waals surface area contributed by atoms with Crippen molar-refractivity contribution in [2.45, 2.75) is 17.7 Å². The first-order valence-corrected chi connectivity index (χ1v) is 12.5. The predicted molar refractivity (Wildman–Crippen MR) is 137 cm³/mol. The minimum absolute atomic E-state index is 0.0124. The average molecular weight is 510 g/mol. The SMILES string of the molecule is O=C(SCC(SC(=O)c1ccccc1)C(=O)NC(Cc1ccc(O)cc1)C(=O)O)c1ccccc1. The Bertz CT molecular complexity index is 1170. The Balaban J connectivity index is 1.73. The molecular weight excluding hydrogens is 486 g/mol. The van der Waals surface area contributed by atoms with E-state index < -0.39 is 23.2 Å². The van der Waals surface area contributed by atoms with Gasteiger partial charge in [0.25, 0.3) is 0 Å². The third-order valence-electron chi connectivity index (χ3n) is 4.92. The molecule has 0 aliphatic rings. The van der Waals surface area contributed by atoms with Crippen LogP contribution in [0.15, 0.2) is 84.9 Å². The van der Waals surface area contributed by atoms with Crippen LogP contribution in [0.3, 0.4) is 0 Å².